The zero-order chi connectivity index (χ0) is 16.2. The standard InChI is InChI=1S/C14H14N6O2S/c1-2-9(8-6-4-3-5-7-8)12-18-20-14(23-12)16-11(21)10-15-13(22)19-17-10/h3-7,9H,2H2,1H3,(H,16,20,21)(H2,15,17,19,22). The van der Waals surface area contributed by atoms with Crippen molar-refractivity contribution < 1.29 is 4.79 Å². The average molecular weight is 330 g/mol. The fourth-order valence-electron chi connectivity index (χ4n) is 2.20. The molecule has 0 radical (unpaired) electrons. The van der Waals surface area contributed by atoms with E-state index in [1.54, 1.807) is 0 Å². The van der Waals surface area contributed by atoms with Crippen LogP contribution < -0.4 is 11.0 Å². The van der Waals surface area contributed by atoms with Gasteiger partial charge >= 0.3 is 5.69 Å². The maximum Gasteiger partial charge on any atom is 0.341 e. The lowest BCUT2D eigenvalue weighted by atomic mass is 9.97. The van der Waals surface area contributed by atoms with Crippen molar-refractivity contribution in [1.82, 2.24) is 25.4 Å². The van der Waals surface area contributed by atoms with Gasteiger partial charge in [-0.15, -0.1) is 15.3 Å². The first kappa shape index (κ1) is 15.1. The van der Waals surface area contributed by atoms with Crippen LogP contribution in [0.1, 0.15) is 40.5 Å². The van der Waals surface area contributed by atoms with Crippen molar-refractivity contribution in [2.75, 3.05) is 5.32 Å². The molecule has 23 heavy (non-hydrogen) atoms. The highest BCUT2D eigenvalue weighted by atomic mass is 32.1. The number of H-pyrrole nitrogens is 2. The van der Waals surface area contributed by atoms with Crippen molar-refractivity contribution in [2.24, 2.45) is 0 Å². The second-order valence-electron chi connectivity index (χ2n) is 4.80. The molecular formula is C14H14N6O2S. The molecule has 0 bridgehead atoms. The number of aromatic amines is 2. The normalized spacial score (nSPS) is 12.0. The van der Waals surface area contributed by atoms with E-state index >= 15 is 0 Å². The minimum absolute atomic E-state index is 0.0955. The van der Waals surface area contributed by atoms with Crippen molar-refractivity contribution >= 4 is 22.4 Å². The van der Waals surface area contributed by atoms with E-state index in [1.165, 1.54) is 11.3 Å². The zero-order valence-electron chi connectivity index (χ0n) is 12.2. The molecular weight excluding hydrogens is 316 g/mol. The molecule has 2 heterocycles. The van der Waals surface area contributed by atoms with E-state index in [9.17, 15) is 9.59 Å². The van der Waals surface area contributed by atoms with Crippen LogP contribution in [-0.4, -0.2) is 31.3 Å². The highest BCUT2D eigenvalue weighted by Gasteiger charge is 2.19. The van der Waals surface area contributed by atoms with Crippen molar-refractivity contribution in [3.05, 3.63) is 57.2 Å². The Labute approximate surface area is 135 Å². The summed E-state index contributed by atoms with van der Waals surface area (Å²) in [5.41, 5.74) is 0.615. The number of benzene rings is 1. The Kier molecular flexibility index (Phi) is 4.29. The molecule has 0 aliphatic rings. The molecule has 1 unspecified atom stereocenters. The summed E-state index contributed by atoms with van der Waals surface area (Å²) in [6.07, 6.45) is 0.874. The predicted molar refractivity (Wildman–Crippen MR) is 85.6 cm³/mol. The number of anilines is 1. The molecule has 8 nitrogen and oxygen atoms in total. The van der Waals surface area contributed by atoms with Gasteiger partial charge in [-0.2, -0.15) is 0 Å². The minimum atomic E-state index is -0.543. The molecule has 3 N–H and O–H groups in total. The smallest absolute Gasteiger partial charge is 0.294 e. The van der Waals surface area contributed by atoms with Crippen LogP contribution in [0.25, 0.3) is 0 Å². The predicted octanol–water partition coefficient (Wildman–Crippen LogP) is 1.74. The first-order valence-corrected chi connectivity index (χ1v) is 7.83. The summed E-state index contributed by atoms with van der Waals surface area (Å²) in [6.45, 7) is 2.08. The van der Waals surface area contributed by atoms with Gasteiger partial charge in [0.05, 0.1) is 0 Å². The van der Waals surface area contributed by atoms with Gasteiger partial charge in [0.2, 0.25) is 11.0 Å². The van der Waals surface area contributed by atoms with Crippen LogP contribution in [0.4, 0.5) is 5.13 Å². The van der Waals surface area contributed by atoms with Crippen molar-refractivity contribution in [3.8, 4) is 0 Å². The highest BCUT2D eigenvalue weighted by molar-refractivity contribution is 7.15. The summed E-state index contributed by atoms with van der Waals surface area (Å²) in [5.74, 6) is -0.509. The number of aromatic nitrogens is 5. The van der Waals surface area contributed by atoms with Gasteiger partial charge in [0.15, 0.2) is 0 Å². The Balaban J connectivity index is 1.77. The van der Waals surface area contributed by atoms with Gasteiger partial charge in [0.25, 0.3) is 5.91 Å². The molecule has 1 amide bonds. The number of carbonyl (C=O) groups is 1. The van der Waals surface area contributed by atoms with Crippen molar-refractivity contribution in [1.29, 1.82) is 0 Å². The molecule has 0 fully saturated rings. The summed E-state index contributed by atoms with van der Waals surface area (Å²) >= 11 is 1.31. The van der Waals surface area contributed by atoms with E-state index in [4.69, 9.17) is 0 Å². The monoisotopic (exact) mass is 330 g/mol. The first-order valence-electron chi connectivity index (χ1n) is 7.01. The SMILES string of the molecule is CCC(c1ccccc1)c1nnc(NC(=O)c2n[nH]c(=O)[nH]2)s1. The summed E-state index contributed by atoms with van der Waals surface area (Å²) in [4.78, 5) is 25.2. The van der Waals surface area contributed by atoms with Gasteiger partial charge in [-0.05, 0) is 12.0 Å². The lowest BCUT2D eigenvalue weighted by Gasteiger charge is -2.10. The molecule has 9 heteroatoms. The third-order valence-corrected chi connectivity index (χ3v) is 4.24. The van der Waals surface area contributed by atoms with Crippen LogP contribution in [0, 0.1) is 0 Å². The Bertz CT molecular complexity index is 853. The number of nitrogens with zero attached hydrogens (tertiary/aromatic N) is 3. The summed E-state index contributed by atoms with van der Waals surface area (Å²) in [6, 6.07) is 10.0. The van der Waals surface area contributed by atoms with Crippen LogP contribution >= 0.6 is 11.3 Å². The number of rotatable bonds is 5. The second kappa shape index (κ2) is 6.53. The fourth-order valence-corrected chi connectivity index (χ4v) is 3.15. The quantitative estimate of drug-likeness (QED) is 0.659. The third kappa shape index (κ3) is 3.34. The molecule has 2 aromatic heterocycles. The van der Waals surface area contributed by atoms with Crippen LogP contribution in [0.3, 0.4) is 0 Å². The van der Waals surface area contributed by atoms with E-state index in [0.29, 0.717) is 5.13 Å². The number of hydrogen-bond donors (Lipinski definition) is 3. The Morgan fingerprint density at radius 3 is 2.74 bits per heavy atom. The lowest BCUT2D eigenvalue weighted by molar-refractivity contribution is 0.101. The van der Waals surface area contributed by atoms with E-state index in [-0.39, 0.29) is 11.7 Å². The second-order valence-corrected chi connectivity index (χ2v) is 5.81. The van der Waals surface area contributed by atoms with Gasteiger partial charge in [-0.25, -0.2) is 9.89 Å². The van der Waals surface area contributed by atoms with E-state index < -0.39 is 11.6 Å². The summed E-state index contributed by atoms with van der Waals surface area (Å²) in [7, 11) is 0. The van der Waals surface area contributed by atoms with Gasteiger partial charge < -0.3 is 0 Å². The fraction of sp³-hybridized carbons (Fsp3) is 0.214. The average Bonchev–Trinajstić information content (AvgIpc) is 3.19. The Morgan fingerprint density at radius 2 is 2.09 bits per heavy atom. The Hall–Kier alpha value is -2.81. The van der Waals surface area contributed by atoms with Gasteiger partial charge in [-0.1, -0.05) is 48.6 Å². The van der Waals surface area contributed by atoms with Gasteiger partial charge in [-0.3, -0.25) is 15.1 Å². The summed E-state index contributed by atoms with van der Waals surface area (Å²) < 4.78 is 0. The third-order valence-electron chi connectivity index (χ3n) is 3.29. The molecule has 0 aliphatic heterocycles. The van der Waals surface area contributed by atoms with Crippen LogP contribution in [0.5, 0.6) is 0 Å². The van der Waals surface area contributed by atoms with Gasteiger partial charge in [0.1, 0.15) is 5.01 Å². The topological polar surface area (TPSA) is 116 Å². The Morgan fingerprint density at radius 1 is 1.30 bits per heavy atom. The molecule has 1 aromatic carbocycles. The molecule has 0 aliphatic carbocycles. The van der Waals surface area contributed by atoms with Crippen LogP contribution in [0.15, 0.2) is 35.1 Å². The maximum atomic E-state index is 11.9. The van der Waals surface area contributed by atoms with E-state index in [2.05, 4.69) is 37.6 Å². The zero-order valence-corrected chi connectivity index (χ0v) is 13.1. The molecule has 1 atom stereocenters. The van der Waals surface area contributed by atoms with E-state index in [0.717, 1.165) is 17.0 Å². The molecule has 118 valence electrons. The van der Waals surface area contributed by atoms with Crippen molar-refractivity contribution in [2.45, 2.75) is 19.3 Å². The number of hydrogen-bond acceptors (Lipinski definition) is 6. The lowest BCUT2D eigenvalue weighted by Crippen LogP contribution is -2.14. The molecule has 0 spiro atoms. The molecule has 0 saturated carbocycles. The number of amides is 1. The number of carbonyl (C=O) groups excluding carboxylic acids is 1. The number of nitrogens with one attached hydrogen (secondary N) is 3. The molecule has 3 aromatic rings. The minimum Gasteiger partial charge on any atom is -0.294 e. The largest absolute Gasteiger partial charge is 0.341 e. The first-order chi connectivity index (χ1) is 11.2. The van der Waals surface area contributed by atoms with Gasteiger partial charge in [0, 0.05) is 5.92 Å². The van der Waals surface area contributed by atoms with Crippen LogP contribution in [-0.2, 0) is 0 Å². The van der Waals surface area contributed by atoms with Crippen molar-refractivity contribution in [3.63, 3.8) is 0 Å². The summed E-state index contributed by atoms with van der Waals surface area (Å²) in [5, 5.41) is 17.6. The maximum absolute atomic E-state index is 11.9. The molecule has 0 saturated heterocycles. The van der Waals surface area contributed by atoms with E-state index in [1.807, 2.05) is 30.3 Å². The van der Waals surface area contributed by atoms with Crippen LogP contribution in [0.2, 0.25) is 0 Å². The highest BCUT2D eigenvalue weighted by Crippen LogP contribution is 2.31. The molecule has 3 rings (SSSR count).